The monoisotopic (exact) mass is 327 g/mol. The Morgan fingerprint density at radius 1 is 1.53 bits per heavy atom. The lowest BCUT2D eigenvalue weighted by Gasteiger charge is -2.39. The number of halogens is 1. The summed E-state index contributed by atoms with van der Waals surface area (Å²) >= 11 is 3.35. The maximum absolute atomic E-state index is 10.7. The standard InChI is InChI=1S/C13H18BrN3O2/c1-13(2)6-4-3-5-11(13)16-12-10(14)7-9(8-15-12)17(18)19/h7-8,11H,3-6H2,1-2H3,(H,15,16). The Bertz CT molecular complexity index is 491. The number of nitrogens with one attached hydrogen (secondary N) is 1. The number of nitro groups is 1. The average molecular weight is 328 g/mol. The molecule has 1 heterocycles. The van der Waals surface area contributed by atoms with Crippen LogP contribution in [0.15, 0.2) is 16.7 Å². The van der Waals surface area contributed by atoms with Crippen molar-refractivity contribution in [3.05, 3.63) is 26.9 Å². The van der Waals surface area contributed by atoms with Crippen LogP contribution in [0.3, 0.4) is 0 Å². The van der Waals surface area contributed by atoms with Gasteiger partial charge in [-0.2, -0.15) is 0 Å². The zero-order chi connectivity index (χ0) is 14.0. The molecule has 1 saturated carbocycles. The predicted octanol–water partition coefficient (Wildman–Crippen LogP) is 4.13. The molecule has 1 unspecified atom stereocenters. The summed E-state index contributed by atoms with van der Waals surface area (Å²) in [5.41, 5.74) is 0.224. The van der Waals surface area contributed by atoms with Crippen LogP contribution in [0.2, 0.25) is 0 Å². The highest BCUT2D eigenvalue weighted by Crippen LogP contribution is 2.38. The lowest BCUT2D eigenvalue weighted by molar-refractivity contribution is -0.385. The first kappa shape index (κ1) is 14.2. The molecule has 5 nitrogen and oxygen atoms in total. The van der Waals surface area contributed by atoms with E-state index in [1.54, 1.807) is 0 Å². The summed E-state index contributed by atoms with van der Waals surface area (Å²) in [5, 5.41) is 14.1. The van der Waals surface area contributed by atoms with Crippen LogP contribution in [0.5, 0.6) is 0 Å². The van der Waals surface area contributed by atoms with Crippen LogP contribution < -0.4 is 5.32 Å². The Morgan fingerprint density at radius 2 is 2.26 bits per heavy atom. The fourth-order valence-electron chi connectivity index (χ4n) is 2.56. The molecule has 2 rings (SSSR count). The summed E-state index contributed by atoms with van der Waals surface area (Å²) in [5.74, 6) is 0.686. The molecule has 0 saturated heterocycles. The third kappa shape index (κ3) is 3.23. The molecule has 0 radical (unpaired) electrons. The van der Waals surface area contributed by atoms with Gasteiger partial charge in [-0.25, -0.2) is 4.98 Å². The molecule has 1 N–H and O–H groups in total. The van der Waals surface area contributed by atoms with Crippen LogP contribution in [-0.4, -0.2) is 15.9 Å². The van der Waals surface area contributed by atoms with E-state index in [0.29, 0.717) is 16.3 Å². The van der Waals surface area contributed by atoms with E-state index in [0.717, 1.165) is 6.42 Å². The molecule has 0 spiro atoms. The summed E-state index contributed by atoms with van der Waals surface area (Å²) in [7, 11) is 0. The SMILES string of the molecule is CC1(C)CCCCC1Nc1ncc([N+](=O)[O-])cc1Br. The van der Waals surface area contributed by atoms with Gasteiger partial charge in [0.15, 0.2) is 0 Å². The summed E-state index contributed by atoms with van der Waals surface area (Å²) in [6.45, 7) is 4.51. The second-order valence-corrected chi connectivity index (χ2v) is 6.57. The van der Waals surface area contributed by atoms with Crippen molar-refractivity contribution >= 4 is 27.4 Å². The van der Waals surface area contributed by atoms with Gasteiger partial charge in [0, 0.05) is 12.1 Å². The number of anilines is 1. The third-order valence-electron chi connectivity index (χ3n) is 3.86. The lowest BCUT2D eigenvalue weighted by atomic mass is 9.73. The molecule has 0 bridgehead atoms. The topological polar surface area (TPSA) is 68.1 Å². The first-order valence-corrected chi connectivity index (χ1v) is 7.26. The van der Waals surface area contributed by atoms with Gasteiger partial charge >= 0.3 is 0 Å². The summed E-state index contributed by atoms with van der Waals surface area (Å²) in [4.78, 5) is 14.4. The Kier molecular flexibility index (Phi) is 4.08. The number of rotatable bonds is 3. The van der Waals surface area contributed by atoms with E-state index in [2.05, 4.69) is 40.1 Å². The molecule has 0 aromatic carbocycles. The Labute approximate surface area is 121 Å². The van der Waals surface area contributed by atoms with Gasteiger partial charge in [-0.1, -0.05) is 26.7 Å². The van der Waals surface area contributed by atoms with Crippen molar-refractivity contribution in [1.29, 1.82) is 0 Å². The minimum atomic E-state index is -0.438. The van der Waals surface area contributed by atoms with Crippen molar-refractivity contribution < 1.29 is 4.92 Å². The quantitative estimate of drug-likeness (QED) is 0.669. The maximum atomic E-state index is 10.7. The van der Waals surface area contributed by atoms with Crippen molar-refractivity contribution in [1.82, 2.24) is 4.98 Å². The van der Waals surface area contributed by atoms with Crippen molar-refractivity contribution in [2.24, 2.45) is 5.41 Å². The second-order valence-electron chi connectivity index (χ2n) is 5.71. The molecule has 104 valence electrons. The Balaban J connectivity index is 2.17. The van der Waals surface area contributed by atoms with E-state index >= 15 is 0 Å². The zero-order valence-corrected chi connectivity index (χ0v) is 12.7. The van der Waals surface area contributed by atoms with Crippen LogP contribution in [-0.2, 0) is 0 Å². The molecular formula is C13H18BrN3O2. The highest BCUT2D eigenvalue weighted by molar-refractivity contribution is 9.10. The highest BCUT2D eigenvalue weighted by atomic mass is 79.9. The number of aromatic nitrogens is 1. The van der Waals surface area contributed by atoms with Gasteiger partial charge in [-0.05, 0) is 34.2 Å². The number of hydrogen-bond acceptors (Lipinski definition) is 4. The molecule has 0 amide bonds. The fraction of sp³-hybridized carbons (Fsp3) is 0.615. The molecule has 0 aliphatic heterocycles. The van der Waals surface area contributed by atoms with Gasteiger partial charge < -0.3 is 5.32 Å². The van der Waals surface area contributed by atoms with E-state index < -0.39 is 4.92 Å². The van der Waals surface area contributed by atoms with Crippen molar-refractivity contribution in [3.63, 3.8) is 0 Å². The van der Waals surface area contributed by atoms with E-state index in [1.165, 1.54) is 31.5 Å². The van der Waals surface area contributed by atoms with E-state index in [1.807, 2.05) is 0 Å². The van der Waals surface area contributed by atoms with Gasteiger partial charge in [-0.15, -0.1) is 0 Å². The van der Waals surface area contributed by atoms with Crippen LogP contribution in [0, 0.1) is 15.5 Å². The van der Waals surface area contributed by atoms with Gasteiger partial charge in [0.05, 0.1) is 9.40 Å². The van der Waals surface area contributed by atoms with Gasteiger partial charge in [0.1, 0.15) is 12.0 Å². The van der Waals surface area contributed by atoms with Crippen molar-refractivity contribution in [2.45, 2.75) is 45.6 Å². The first-order valence-electron chi connectivity index (χ1n) is 6.46. The van der Waals surface area contributed by atoms with Gasteiger partial charge in [-0.3, -0.25) is 10.1 Å². The predicted molar refractivity (Wildman–Crippen MR) is 78.3 cm³/mol. The number of hydrogen-bond donors (Lipinski definition) is 1. The van der Waals surface area contributed by atoms with Gasteiger partial charge in [0.2, 0.25) is 0 Å². The summed E-state index contributed by atoms with van der Waals surface area (Å²) < 4.78 is 0.642. The third-order valence-corrected chi connectivity index (χ3v) is 4.46. The fourth-order valence-corrected chi connectivity index (χ4v) is 3.01. The molecule has 1 atom stereocenters. The van der Waals surface area contributed by atoms with Crippen LogP contribution >= 0.6 is 15.9 Å². The minimum Gasteiger partial charge on any atom is -0.366 e. The molecular weight excluding hydrogens is 310 g/mol. The van der Waals surface area contributed by atoms with Gasteiger partial charge in [0.25, 0.3) is 5.69 Å². The number of nitrogens with zero attached hydrogens (tertiary/aromatic N) is 2. The Hall–Kier alpha value is -1.17. The highest BCUT2D eigenvalue weighted by Gasteiger charge is 2.32. The maximum Gasteiger partial charge on any atom is 0.288 e. The van der Waals surface area contributed by atoms with Crippen molar-refractivity contribution in [3.8, 4) is 0 Å². The van der Waals surface area contributed by atoms with E-state index in [4.69, 9.17) is 0 Å². The summed E-state index contributed by atoms with van der Waals surface area (Å²) in [6, 6.07) is 1.84. The normalized spacial score (nSPS) is 21.9. The molecule has 1 aromatic rings. The average Bonchev–Trinajstić information content (AvgIpc) is 2.33. The smallest absolute Gasteiger partial charge is 0.288 e. The minimum absolute atomic E-state index is 0.000305. The molecule has 1 aliphatic carbocycles. The molecule has 1 aliphatic rings. The zero-order valence-electron chi connectivity index (χ0n) is 11.1. The molecule has 6 heteroatoms. The first-order chi connectivity index (χ1) is 8.90. The van der Waals surface area contributed by atoms with Crippen LogP contribution in [0.4, 0.5) is 11.5 Å². The molecule has 1 fully saturated rings. The Morgan fingerprint density at radius 3 is 2.84 bits per heavy atom. The van der Waals surface area contributed by atoms with E-state index in [9.17, 15) is 10.1 Å². The number of pyridine rings is 1. The van der Waals surface area contributed by atoms with E-state index in [-0.39, 0.29) is 11.1 Å². The lowest BCUT2D eigenvalue weighted by Crippen LogP contribution is -2.39. The molecule has 19 heavy (non-hydrogen) atoms. The summed E-state index contributed by atoms with van der Waals surface area (Å²) in [6.07, 6.45) is 6.07. The van der Waals surface area contributed by atoms with Crippen LogP contribution in [0.25, 0.3) is 0 Å². The van der Waals surface area contributed by atoms with Crippen LogP contribution in [0.1, 0.15) is 39.5 Å². The van der Waals surface area contributed by atoms with Crippen molar-refractivity contribution in [2.75, 3.05) is 5.32 Å². The largest absolute Gasteiger partial charge is 0.366 e. The second kappa shape index (κ2) is 5.45. The molecule has 1 aromatic heterocycles.